The maximum absolute atomic E-state index is 12.3. The second-order valence-electron chi connectivity index (χ2n) is 4.33. The topological polar surface area (TPSA) is 62.5 Å². The first-order chi connectivity index (χ1) is 8.38. The molecule has 7 heteroatoms. The Balaban J connectivity index is 2.89. The van der Waals surface area contributed by atoms with Gasteiger partial charge < -0.3 is 15.5 Å². The molecule has 0 saturated heterocycles. The van der Waals surface area contributed by atoms with E-state index in [4.69, 9.17) is 5.73 Å². The highest BCUT2D eigenvalue weighted by molar-refractivity contribution is 7.98. The first kappa shape index (κ1) is 15.1. The van der Waals surface area contributed by atoms with Crippen molar-refractivity contribution in [2.24, 2.45) is 0 Å². The van der Waals surface area contributed by atoms with Crippen molar-refractivity contribution in [1.29, 1.82) is 0 Å². The molecule has 0 aliphatic carbocycles. The number of hydrogen-bond donors (Lipinski definition) is 1. The van der Waals surface area contributed by atoms with Gasteiger partial charge in [0.2, 0.25) is 0 Å². The summed E-state index contributed by atoms with van der Waals surface area (Å²) in [5.74, 6) is 1.16. The smallest absolute Gasteiger partial charge is 0.267 e. The number of amides is 1. The third-order valence-electron chi connectivity index (χ3n) is 2.61. The van der Waals surface area contributed by atoms with E-state index in [1.807, 2.05) is 32.2 Å². The van der Waals surface area contributed by atoms with Gasteiger partial charge in [-0.1, -0.05) is 11.3 Å². The van der Waals surface area contributed by atoms with E-state index >= 15 is 0 Å². The van der Waals surface area contributed by atoms with E-state index in [1.54, 1.807) is 23.7 Å². The molecule has 1 aromatic rings. The minimum absolute atomic E-state index is 0.0559. The van der Waals surface area contributed by atoms with Crippen molar-refractivity contribution in [2.75, 3.05) is 43.8 Å². The molecule has 2 N–H and O–H groups in total. The number of nitrogens with two attached hydrogens (primary N) is 1. The second-order valence-corrected chi connectivity index (χ2v) is 6.21. The van der Waals surface area contributed by atoms with Crippen LogP contribution >= 0.6 is 23.1 Å². The summed E-state index contributed by atoms with van der Waals surface area (Å²) < 4.78 is 0. The molecule has 0 aliphatic heterocycles. The highest BCUT2D eigenvalue weighted by Gasteiger charge is 2.23. The number of thioether (sulfide) groups is 1. The Morgan fingerprint density at radius 1 is 1.50 bits per heavy atom. The van der Waals surface area contributed by atoms with Crippen LogP contribution in [0.1, 0.15) is 16.6 Å². The fourth-order valence-electron chi connectivity index (χ4n) is 1.38. The van der Waals surface area contributed by atoms with Crippen LogP contribution in [0.15, 0.2) is 0 Å². The van der Waals surface area contributed by atoms with E-state index in [9.17, 15) is 4.79 Å². The lowest BCUT2D eigenvalue weighted by Gasteiger charge is -2.23. The van der Waals surface area contributed by atoms with E-state index in [2.05, 4.69) is 4.98 Å². The molecule has 0 aromatic carbocycles. The summed E-state index contributed by atoms with van der Waals surface area (Å²) in [7, 11) is 5.57. The van der Waals surface area contributed by atoms with Crippen LogP contribution in [0, 0.1) is 0 Å². The van der Waals surface area contributed by atoms with Gasteiger partial charge >= 0.3 is 0 Å². The molecule has 18 heavy (non-hydrogen) atoms. The molecule has 1 aromatic heterocycles. The Labute approximate surface area is 116 Å². The van der Waals surface area contributed by atoms with Crippen molar-refractivity contribution in [3.8, 4) is 0 Å². The zero-order chi connectivity index (χ0) is 13.9. The van der Waals surface area contributed by atoms with Gasteiger partial charge in [-0.15, -0.1) is 0 Å². The molecule has 1 heterocycles. The van der Waals surface area contributed by atoms with Gasteiger partial charge in [0.05, 0.1) is 0 Å². The van der Waals surface area contributed by atoms with Crippen molar-refractivity contribution in [2.45, 2.75) is 13.0 Å². The maximum atomic E-state index is 12.3. The highest BCUT2D eigenvalue weighted by Crippen LogP contribution is 2.28. The van der Waals surface area contributed by atoms with Crippen LogP contribution in [0.4, 0.5) is 10.9 Å². The van der Waals surface area contributed by atoms with Crippen molar-refractivity contribution in [3.05, 3.63) is 4.88 Å². The van der Waals surface area contributed by atoms with Gasteiger partial charge in [0.25, 0.3) is 5.91 Å². The number of thiazole rings is 1. The molecule has 0 fully saturated rings. The molecule has 1 rings (SSSR count). The number of carbonyl (C=O) groups is 1. The molecule has 1 amide bonds. The normalized spacial score (nSPS) is 12.3. The Morgan fingerprint density at radius 3 is 2.56 bits per heavy atom. The number of rotatable bonds is 5. The van der Waals surface area contributed by atoms with Gasteiger partial charge in [0.1, 0.15) is 10.7 Å². The van der Waals surface area contributed by atoms with E-state index in [-0.39, 0.29) is 11.9 Å². The van der Waals surface area contributed by atoms with Crippen LogP contribution in [-0.4, -0.2) is 55.0 Å². The maximum Gasteiger partial charge on any atom is 0.267 e. The van der Waals surface area contributed by atoms with Crippen LogP contribution in [-0.2, 0) is 0 Å². The van der Waals surface area contributed by atoms with Crippen LogP contribution in [0.3, 0.4) is 0 Å². The molecule has 0 spiro atoms. The molecule has 0 saturated carbocycles. The van der Waals surface area contributed by atoms with Gasteiger partial charge in [-0.05, 0) is 13.2 Å². The summed E-state index contributed by atoms with van der Waals surface area (Å²) in [4.78, 5) is 20.6. The lowest BCUT2D eigenvalue weighted by molar-refractivity contribution is 0.0763. The molecule has 0 radical (unpaired) electrons. The average molecular weight is 288 g/mol. The monoisotopic (exact) mass is 288 g/mol. The van der Waals surface area contributed by atoms with Gasteiger partial charge in [-0.25, -0.2) is 4.98 Å². The molecule has 102 valence electrons. The summed E-state index contributed by atoms with van der Waals surface area (Å²) in [6, 6.07) is 0.178. The summed E-state index contributed by atoms with van der Waals surface area (Å²) in [5, 5.41) is 0.752. The van der Waals surface area contributed by atoms with Crippen molar-refractivity contribution < 1.29 is 4.79 Å². The zero-order valence-electron chi connectivity index (χ0n) is 11.4. The number of hydrogen-bond acceptors (Lipinski definition) is 6. The van der Waals surface area contributed by atoms with Crippen molar-refractivity contribution in [1.82, 2.24) is 9.88 Å². The summed E-state index contributed by atoms with van der Waals surface area (Å²) in [6.07, 6.45) is 2.03. The van der Waals surface area contributed by atoms with E-state index in [0.717, 1.165) is 10.9 Å². The SMILES string of the molecule is CSCC(C)N(C)C(=O)c1sc(N(C)C)nc1N. The van der Waals surface area contributed by atoms with Crippen molar-refractivity contribution in [3.63, 3.8) is 0 Å². The average Bonchev–Trinajstić information content (AvgIpc) is 2.70. The fraction of sp³-hybridized carbons (Fsp3) is 0.636. The first-order valence-electron chi connectivity index (χ1n) is 5.58. The minimum Gasteiger partial charge on any atom is -0.382 e. The van der Waals surface area contributed by atoms with Crippen LogP contribution in [0.25, 0.3) is 0 Å². The largest absolute Gasteiger partial charge is 0.382 e. The summed E-state index contributed by atoms with van der Waals surface area (Å²) >= 11 is 3.05. The number of nitrogen functional groups attached to an aromatic ring is 1. The standard InChI is InChI=1S/C11H20N4OS2/c1-7(6-17-5)15(4)10(16)8-9(12)13-11(18-8)14(2)3/h7H,6,12H2,1-5H3. The highest BCUT2D eigenvalue weighted by atomic mass is 32.2. The number of carbonyl (C=O) groups excluding carboxylic acids is 1. The van der Waals surface area contributed by atoms with Gasteiger partial charge in [0, 0.05) is 32.9 Å². The predicted octanol–water partition coefficient (Wildman–Crippen LogP) is 1.61. The third kappa shape index (κ3) is 3.29. The lowest BCUT2D eigenvalue weighted by Crippen LogP contribution is -2.36. The van der Waals surface area contributed by atoms with E-state index < -0.39 is 0 Å². The Hall–Kier alpha value is -0.950. The molecular weight excluding hydrogens is 268 g/mol. The fourth-order valence-corrected chi connectivity index (χ4v) is 2.97. The number of nitrogens with zero attached hydrogens (tertiary/aromatic N) is 3. The van der Waals surface area contributed by atoms with Gasteiger partial charge in [-0.3, -0.25) is 4.79 Å². The Bertz CT molecular complexity index is 419. The van der Waals surface area contributed by atoms with Gasteiger partial charge in [0.15, 0.2) is 5.13 Å². The predicted molar refractivity (Wildman–Crippen MR) is 80.8 cm³/mol. The lowest BCUT2D eigenvalue weighted by atomic mass is 10.3. The molecule has 0 aliphatic rings. The van der Waals surface area contributed by atoms with Gasteiger partial charge in [-0.2, -0.15) is 11.8 Å². The third-order valence-corrected chi connectivity index (χ3v) is 4.65. The van der Waals surface area contributed by atoms with Crippen LogP contribution in [0.2, 0.25) is 0 Å². The Kier molecular flexibility index (Phi) is 5.28. The van der Waals surface area contributed by atoms with Crippen LogP contribution < -0.4 is 10.6 Å². The minimum atomic E-state index is -0.0559. The summed E-state index contributed by atoms with van der Waals surface area (Å²) in [5.41, 5.74) is 5.81. The quantitative estimate of drug-likeness (QED) is 0.892. The van der Waals surface area contributed by atoms with Crippen LogP contribution in [0.5, 0.6) is 0 Å². The molecular formula is C11H20N4OS2. The number of aromatic nitrogens is 1. The Morgan fingerprint density at radius 2 is 2.11 bits per heavy atom. The summed E-state index contributed by atoms with van der Waals surface area (Å²) in [6.45, 7) is 2.03. The van der Waals surface area contributed by atoms with E-state index in [0.29, 0.717) is 10.7 Å². The van der Waals surface area contributed by atoms with E-state index in [1.165, 1.54) is 11.3 Å². The number of anilines is 2. The molecule has 1 atom stereocenters. The van der Waals surface area contributed by atoms with Crippen molar-refractivity contribution >= 4 is 40.0 Å². The molecule has 1 unspecified atom stereocenters. The second kappa shape index (κ2) is 6.29. The zero-order valence-corrected chi connectivity index (χ0v) is 13.1. The first-order valence-corrected chi connectivity index (χ1v) is 7.79. The molecule has 0 bridgehead atoms. The molecule has 5 nitrogen and oxygen atoms in total.